The molecule has 3 aromatic heterocycles. The van der Waals surface area contributed by atoms with Crippen LogP contribution in [0, 0.1) is 23.0 Å². The summed E-state index contributed by atoms with van der Waals surface area (Å²) >= 11 is 0.893. The Balaban J connectivity index is 1.36. The number of pyridine rings is 1. The van der Waals surface area contributed by atoms with Crippen molar-refractivity contribution in [2.75, 3.05) is 25.4 Å². The van der Waals surface area contributed by atoms with Crippen LogP contribution in [0.3, 0.4) is 0 Å². The number of nitrogens with zero attached hydrogens (tertiary/aromatic N) is 5. The van der Waals surface area contributed by atoms with Crippen LogP contribution in [-0.2, 0) is 18.0 Å². The molecule has 0 bridgehead atoms. The minimum absolute atomic E-state index is 0.0182. The largest absolute Gasteiger partial charge is 0.461 e. The first-order chi connectivity index (χ1) is 18.7. The molecule has 2 fully saturated rings. The monoisotopic (exact) mass is 556 g/mol. The van der Waals surface area contributed by atoms with Gasteiger partial charge in [0.05, 0.1) is 47.5 Å². The van der Waals surface area contributed by atoms with Crippen LogP contribution in [0.5, 0.6) is 6.01 Å². The summed E-state index contributed by atoms with van der Waals surface area (Å²) in [5, 5.41) is 10.3. The van der Waals surface area contributed by atoms with Gasteiger partial charge in [-0.15, -0.1) is 11.3 Å². The van der Waals surface area contributed by atoms with Crippen LogP contribution in [0.2, 0.25) is 0 Å². The number of alkyl halides is 2. The Morgan fingerprint density at radius 2 is 2.03 bits per heavy atom. The van der Waals surface area contributed by atoms with Crippen molar-refractivity contribution in [3.63, 3.8) is 0 Å². The number of fused-ring (bicyclic) bond motifs is 5. The number of nitrogens with two attached hydrogens (primary N) is 1. The van der Waals surface area contributed by atoms with Crippen molar-refractivity contribution in [3.8, 4) is 23.3 Å². The lowest BCUT2D eigenvalue weighted by Gasteiger charge is -2.30. The lowest BCUT2D eigenvalue weighted by molar-refractivity contribution is 0.00803. The third-order valence-electron chi connectivity index (χ3n) is 7.94. The first kappa shape index (κ1) is 24.4. The Hall–Kier alpha value is -3.60. The predicted octanol–water partition coefficient (Wildman–Crippen LogP) is 4.92. The fourth-order valence-electron chi connectivity index (χ4n) is 6.27. The number of nitriles is 1. The van der Waals surface area contributed by atoms with Gasteiger partial charge in [0.1, 0.15) is 23.2 Å². The highest BCUT2D eigenvalue weighted by Crippen LogP contribution is 2.47. The summed E-state index contributed by atoms with van der Waals surface area (Å²) in [4.78, 5) is 14.5. The van der Waals surface area contributed by atoms with Gasteiger partial charge in [-0.05, 0) is 30.5 Å². The molecule has 0 radical (unpaired) electrons. The van der Waals surface area contributed by atoms with E-state index >= 15 is 4.39 Å². The highest BCUT2D eigenvalue weighted by atomic mass is 32.1. The van der Waals surface area contributed by atoms with Crippen LogP contribution in [0.25, 0.3) is 32.2 Å². The fraction of sp³-hybridized carbons (Fsp3) is 0.385. The summed E-state index contributed by atoms with van der Waals surface area (Å²) in [5.41, 5.74) is 6.35. The van der Waals surface area contributed by atoms with Crippen LogP contribution in [0.4, 0.5) is 22.6 Å². The zero-order valence-corrected chi connectivity index (χ0v) is 21.2. The van der Waals surface area contributed by atoms with E-state index in [0.717, 1.165) is 24.0 Å². The molecule has 7 rings (SSSR count). The van der Waals surface area contributed by atoms with Crippen molar-refractivity contribution < 1.29 is 27.0 Å². The number of rotatable bonds is 4. The number of thiophene rings is 1. The average molecular weight is 557 g/mol. The van der Waals surface area contributed by atoms with Crippen LogP contribution < -0.4 is 10.5 Å². The number of hydrogen-bond acceptors (Lipinski definition) is 9. The highest BCUT2D eigenvalue weighted by Gasteiger charge is 2.57. The number of nitrogen functional groups attached to an aromatic ring is 1. The molecule has 0 amide bonds. The first-order valence-corrected chi connectivity index (χ1v) is 13.1. The van der Waals surface area contributed by atoms with E-state index in [-0.39, 0.29) is 76.2 Å². The Morgan fingerprint density at radius 1 is 1.21 bits per heavy atom. The van der Waals surface area contributed by atoms with Crippen molar-refractivity contribution in [2.24, 2.45) is 0 Å². The van der Waals surface area contributed by atoms with Crippen molar-refractivity contribution in [1.29, 1.82) is 5.26 Å². The molecule has 3 aliphatic heterocycles. The first-order valence-electron chi connectivity index (χ1n) is 12.3. The quantitative estimate of drug-likeness (QED) is 0.353. The molecule has 4 aromatic rings. The van der Waals surface area contributed by atoms with Gasteiger partial charge < -0.3 is 15.2 Å². The van der Waals surface area contributed by atoms with Gasteiger partial charge in [-0.25, -0.2) is 22.5 Å². The Kier molecular flexibility index (Phi) is 5.29. The van der Waals surface area contributed by atoms with Gasteiger partial charge in [-0.1, -0.05) is 0 Å². The fourth-order valence-corrected chi connectivity index (χ4v) is 7.19. The van der Waals surface area contributed by atoms with Gasteiger partial charge in [-0.2, -0.15) is 10.2 Å². The molecule has 2 saturated heterocycles. The second kappa shape index (κ2) is 8.45. The molecule has 6 heterocycles. The van der Waals surface area contributed by atoms with E-state index in [1.165, 1.54) is 6.20 Å². The van der Waals surface area contributed by atoms with E-state index in [2.05, 4.69) is 15.0 Å². The molecule has 8 nitrogen and oxygen atoms in total. The summed E-state index contributed by atoms with van der Waals surface area (Å²) in [5.74, 6) is -4.23. The zero-order valence-electron chi connectivity index (χ0n) is 20.4. The molecular formula is C26H20F4N6O2S. The number of aromatic nitrogens is 3. The maximum absolute atomic E-state index is 16.4. The van der Waals surface area contributed by atoms with Crippen molar-refractivity contribution in [1.82, 2.24) is 19.9 Å². The topological polar surface area (TPSA) is 110 Å². The predicted molar refractivity (Wildman–Crippen MR) is 134 cm³/mol. The van der Waals surface area contributed by atoms with Gasteiger partial charge in [0.2, 0.25) is 0 Å². The van der Waals surface area contributed by atoms with E-state index in [9.17, 15) is 18.4 Å². The third-order valence-corrected chi connectivity index (χ3v) is 8.97. The van der Waals surface area contributed by atoms with E-state index in [1.807, 2.05) is 6.07 Å². The van der Waals surface area contributed by atoms with Crippen molar-refractivity contribution in [2.45, 2.75) is 43.9 Å². The number of ether oxygens (including phenoxy) is 2. The molecule has 0 saturated carbocycles. The maximum Gasteiger partial charge on any atom is 0.317 e. The standard InChI is InChI=1S/C26H20F4N6O2S/c27-16-6-33-21(18-12(4-31)23(32)39-22(16)18)17-15-8-37-7-14(15)13-5-34-24(35-20(13)19(17)28)38-11-25-2-1-3-36(25)10-26(29,30)9-25/h5-6H,1-3,7-11,32H2/t25-/m0/s1. The summed E-state index contributed by atoms with van der Waals surface area (Å²) < 4.78 is 70.9. The lowest BCUT2D eigenvalue weighted by atomic mass is 9.94. The Morgan fingerprint density at radius 3 is 2.85 bits per heavy atom. The minimum Gasteiger partial charge on any atom is -0.461 e. The molecule has 200 valence electrons. The van der Waals surface area contributed by atoms with Gasteiger partial charge >= 0.3 is 6.01 Å². The SMILES string of the molecule is N#Cc1c(N)sc2c(F)cnc(-c3c4c(c5cnc(OC[C@@]67CCCN6CC(F)(F)C7)nc5c3F)COC4)c12. The molecule has 2 N–H and O–H groups in total. The van der Waals surface area contributed by atoms with Gasteiger partial charge in [0, 0.05) is 29.0 Å². The zero-order chi connectivity index (χ0) is 27.1. The second-order valence-corrected chi connectivity index (χ2v) is 11.3. The highest BCUT2D eigenvalue weighted by molar-refractivity contribution is 7.23. The summed E-state index contributed by atoms with van der Waals surface area (Å²) in [6.45, 7) is 0.451. The van der Waals surface area contributed by atoms with E-state index in [4.69, 9.17) is 15.2 Å². The molecule has 3 aliphatic rings. The Bertz CT molecular complexity index is 1740. The van der Waals surface area contributed by atoms with Crippen molar-refractivity contribution in [3.05, 3.63) is 40.7 Å². The summed E-state index contributed by atoms with van der Waals surface area (Å²) in [7, 11) is 0. The average Bonchev–Trinajstić information content (AvgIpc) is 3.65. The van der Waals surface area contributed by atoms with Crippen LogP contribution in [0.1, 0.15) is 36.0 Å². The summed E-state index contributed by atoms with van der Waals surface area (Å²) in [6, 6.07) is 1.84. The number of benzene rings is 1. The number of hydrogen-bond donors (Lipinski definition) is 1. The molecule has 13 heteroatoms. The number of halogens is 4. The molecule has 1 aromatic carbocycles. The Labute approximate surface area is 223 Å². The molecular weight excluding hydrogens is 536 g/mol. The normalized spacial score (nSPS) is 21.9. The molecule has 0 aliphatic carbocycles. The van der Waals surface area contributed by atoms with Gasteiger partial charge in [0.15, 0.2) is 11.6 Å². The van der Waals surface area contributed by atoms with Crippen LogP contribution in [-0.4, -0.2) is 51.0 Å². The number of anilines is 1. The van der Waals surface area contributed by atoms with E-state index in [1.54, 1.807) is 4.90 Å². The van der Waals surface area contributed by atoms with Gasteiger partial charge in [0.25, 0.3) is 5.92 Å². The van der Waals surface area contributed by atoms with Gasteiger partial charge in [-0.3, -0.25) is 9.88 Å². The lowest BCUT2D eigenvalue weighted by Crippen LogP contribution is -2.43. The van der Waals surface area contributed by atoms with E-state index in [0.29, 0.717) is 29.5 Å². The second-order valence-electron chi connectivity index (χ2n) is 10.2. The van der Waals surface area contributed by atoms with Crippen molar-refractivity contribution >= 4 is 37.3 Å². The third kappa shape index (κ3) is 3.58. The molecule has 1 atom stereocenters. The van der Waals surface area contributed by atoms with Crippen LogP contribution in [0.15, 0.2) is 12.4 Å². The smallest absolute Gasteiger partial charge is 0.317 e. The van der Waals surface area contributed by atoms with Crippen LogP contribution >= 0.6 is 11.3 Å². The minimum atomic E-state index is -2.80. The molecule has 39 heavy (non-hydrogen) atoms. The maximum atomic E-state index is 16.4. The summed E-state index contributed by atoms with van der Waals surface area (Å²) in [6.07, 6.45) is 3.45. The van der Waals surface area contributed by atoms with E-state index < -0.39 is 23.1 Å². The molecule has 0 spiro atoms. The molecule has 0 unspecified atom stereocenters.